The number of carboxylic acids is 1. The zero-order valence-corrected chi connectivity index (χ0v) is 12.3. The molecule has 2 saturated carbocycles. The van der Waals surface area contributed by atoms with Gasteiger partial charge >= 0.3 is 5.97 Å². The maximum atomic E-state index is 11.8. The van der Waals surface area contributed by atoms with Crippen LogP contribution in [0.2, 0.25) is 0 Å². The van der Waals surface area contributed by atoms with Crippen molar-refractivity contribution < 1.29 is 15.0 Å². The van der Waals surface area contributed by atoms with E-state index in [9.17, 15) is 15.0 Å². The molecule has 0 saturated heterocycles. The fraction of sp³-hybridized carbons (Fsp3) is 0.938. The molecule has 3 nitrogen and oxygen atoms in total. The van der Waals surface area contributed by atoms with Crippen molar-refractivity contribution in [1.29, 1.82) is 0 Å². The van der Waals surface area contributed by atoms with E-state index in [1.807, 2.05) is 0 Å². The van der Waals surface area contributed by atoms with Gasteiger partial charge in [-0.2, -0.15) is 0 Å². The molecule has 0 amide bonds. The Morgan fingerprint density at radius 2 is 1.37 bits per heavy atom. The lowest BCUT2D eigenvalue weighted by Crippen LogP contribution is -2.54. The summed E-state index contributed by atoms with van der Waals surface area (Å²) in [6.45, 7) is 4.36. The molecule has 0 aromatic rings. The highest BCUT2D eigenvalue weighted by Gasteiger charge is 2.51. The summed E-state index contributed by atoms with van der Waals surface area (Å²) >= 11 is 0. The van der Waals surface area contributed by atoms with Crippen molar-refractivity contribution in [2.24, 2.45) is 23.7 Å². The van der Waals surface area contributed by atoms with E-state index in [0.29, 0.717) is 11.8 Å². The minimum absolute atomic E-state index is 0.0518. The van der Waals surface area contributed by atoms with Gasteiger partial charge in [-0.25, -0.2) is 4.79 Å². The standard InChI is InChI=1S/C16H28O3/c1-11-5-3-7-13(9-11)16(19,15(17)18)14-8-4-6-12(2)10-14/h11-14,19H,3-10H2,1-2H3,(H,17,18). The van der Waals surface area contributed by atoms with Crippen molar-refractivity contribution >= 4 is 5.97 Å². The Morgan fingerprint density at radius 3 is 1.68 bits per heavy atom. The Bertz CT molecular complexity index is 304. The smallest absolute Gasteiger partial charge is 0.336 e. The van der Waals surface area contributed by atoms with Crippen LogP contribution in [0.4, 0.5) is 0 Å². The molecule has 2 aliphatic carbocycles. The molecule has 2 aliphatic rings. The SMILES string of the molecule is CC1CCCC(C(O)(C(=O)O)C2CCCC(C)C2)C1. The summed E-state index contributed by atoms with van der Waals surface area (Å²) in [5.41, 5.74) is -1.48. The van der Waals surface area contributed by atoms with Crippen LogP contribution >= 0.6 is 0 Å². The monoisotopic (exact) mass is 268 g/mol. The van der Waals surface area contributed by atoms with Crippen molar-refractivity contribution in [3.63, 3.8) is 0 Å². The normalized spacial score (nSPS) is 39.5. The molecular weight excluding hydrogens is 240 g/mol. The van der Waals surface area contributed by atoms with Crippen LogP contribution in [-0.2, 0) is 4.79 Å². The average molecular weight is 268 g/mol. The van der Waals surface area contributed by atoms with Crippen molar-refractivity contribution in [2.45, 2.75) is 70.8 Å². The summed E-state index contributed by atoms with van der Waals surface area (Å²) in [7, 11) is 0. The van der Waals surface area contributed by atoms with Gasteiger partial charge < -0.3 is 10.2 Å². The number of hydrogen-bond acceptors (Lipinski definition) is 2. The minimum atomic E-state index is -1.48. The summed E-state index contributed by atoms with van der Waals surface area (Å²) in [6.07, 6.45) is 7.95. The van der Waals surface area contributed by atoms with E-state index in [4.69, 9.17) is 0 Å². The van der Waals surface area contributed by atoms with Crippen LogP contribution in [0.25, 0.3) is 0 Å². The van der Waals surface area contributed by atoms with Crippen LogP contribution in [0.15, 0.2) is 0 Å². The van der Waals surface area contributed by atoms with Gasteiger partial charge in [-0.3, -0.25) is 0 Å². The average Bonchev–Trinajstić information content (AvgIpc) is 2.37. The largest absolute Gasteiger partial charge is 0.479 e. The molecule has 4 unspecified atom stereocenters. The van der Waals surface area contributed by atoms with Crippen molar-refractivity contribution in [3.05, 3.63) is 0 Å². The first-order valence-corrected chi connectivity index (χ1v) is 7.90. The Balaban J connectivity index is 2.18. The maximum absolute atomic E-state index is 11.8. The van der Waals surface area contributed by atoms with Gasteiger partial charge in [0.15, 0.2) is 5.60 Å². The second kappa shape index (κ2) is 5.82. The second-order valence-electron chi connectivity index (χ2n) is 7.07. The summed E-state index contributed by atoms with van der Waals surface area (Å²) in [4.78, 5) is 11.8. The highest BCUT2D eigenvalue weighted by molar-refractivity contribution is 5.78. The highest BCUT2D eigenvalue weighted by Crippen LogP contribution is 2.45. The molecule has 0 aliphatic heterocycles. The van der Waals surface area contributed by atoms with E-state index < -0.39 is 11.6 Å². The topological polar surface area (TPSA) is 57.5 Å². The fourth-order valence-electron chi connectivity index (χ4n) is 4.35. The van der Waals surface area contributed by atoms with Gasteiger partial charge in [0.25, 0.3) is 0 Å². The lowest BCUT2D eigenvalue weighted by molar-refractivity contribution is -0.179. The van der Waals surface area contributed by atoms with E-state index >= 15 is 0 Å². The van der Waals surface area contributed by atoms with Crippen molar-refractivity contribution in [3.8, 4) is 0 Å². The zero-order valence-electron chi connectivity index (χ0n) is 12.3. The predicted octanol–water partition coefficient (Wildman–Crippen LogP) is 3.45. The number of aliphatic carboxylic acids is 1. The molecule has 0 radical (unpaired) electrons. The second-order valence-corrected chi connectivity index (χ2v) is 7.07. The van der Waals surface area contributed by atoms with Gasteiger partial charge in [0.2, 0.25) is 0 Å². The summed E-state index contributed by atoms with van der Waals surface area (Å²) in [5.74, 6) is 0.00933. The van der Waals surface area contributed by atoms with Crippen LogP contribution < -0.4 is 0 Å². The van der Waals surface area contributed by atoms with Crippen LogP contribution in [0.1, 0.15) is 65.2 Å². The summed E-state index contributed by atoms with van der Waals surface area (Å²) < 4.78 is 0. The summed E-state index contributed by atoms with van der Waals surface area (Å²) in [6, 6.07) is 0. The Morgan fingerprint density at radius 1 is 0.947 bits per heavy atom. The van der Waals surface area contributed by atoms with Gasteiger partial charge in [-0.15, -0.1) is 0 Å². The maximum Gasteiger partial charge on any atom is 0.336 e. The third-order valence-electron chi connectivity index (χ3n) is 5.46. The first kappa shape index (κ1) is 14.8. The number of aliphatic hydroxyl groups is 1. The van der Waals surface area contributed by atoms with E-state index in [-0.39, 0.29) is 11.8 Å². The van der Waals surface area contributed by atoms with E-state index in [1.54, 1.807) is 0 Å². The molecule has 0 bridgehead atoms. The van der Waals surface area contributed by atoms with Gasteiger partial charge in [-0.05, 0) is 49.4 Å². The number of carboxylic acid groups (broad SMARTS) is 1. The van der Waals surface area contributed by atoms with E-state index in [1.165, 1.54) is 12.8 Å². The number of carbonyl (C=O) groups is 1. The Hall–Kier alpha value is -0.570. The molecule has 2 N–H and O–H groups in total. The molecule has 0 spiro atoms. The van der Waals surface area contributed by atoms with Gasteiger partial charge in [-0.1, -0.05) is 39.5 Å². The Kier molecular flexibility index (Phi) is 4.54. The molecule has 110 valence electrons. The van der Waals surface area contributed by atoms with Crippen LogP contribution in [-0.4, -0.2) is 21.8 Å². The third kappa shape index (κ3) is 2.96. The highest BCUT2D eigenvalue weighted by atomic mass is 16.4. The molecule has 19 heavy (non-hydrogen) atoms. The predicted molar refractivity (Wildman–Crippen MR) is 74.8 cm³/mol. The molecular formula is C16H28O3. The molecule has 2 rings (SSSR count). The lowest BCUT2D eigenvalue weighted by atomic mass is 9.63. The molecule has 2 fully saturated rings. The molecule has 0 heterocycles. The van der Waals surface area contributed by atoms with E-state index in [0.717, 1.165) is 38.5 Å². The van der Waals surface area contributed by atoms with Gasteiger partial charge in [0.05, 0.1) is 0 Å². The van der Waals surface area contributed by atoms with E-state index in [2.05, 4.69) is 13.8 Å². The number of rotatable bonds is 3. The molecule has 0 aromatic carbocycles. The fourth-order valence-corrected chi connectivity index (χ4v) is 4.35. The quantitative estimate of drug-likeness (QED) is 0.824. The van der Waals surface area contributed by atoms with Crippen molar-refractivity contribution in [2.75, 3.05) is 0 Å². The zero-order chi connectivity index (χ0) is 14.0. The first-order chi connectivity index (χ1) is 8.94. The van der Waals surface area contributed by atoms with Gasteiger partial charge in [0.1, 0.15) is 0 Å². The molecule has 4 atom stereocenters. The molecule has 3 heteroatoms. The van der Waals surface area contributed by atoms with Crippen LogP contribution in [0.3, 0.4) is 0 Å². The first-order valence-electron chi connectivity index (χ1n) is 7.90. The lowest BCUT2D eigenvalue weighted by Gasteiger charge is -2.44. The van der Waals surface area contributed by atoms with Gasteiger partial charge in [0, 0.05) is 0 Å². The molecule has 0 aromatic heterocycles. The summed E-state index contributed by atoms with van der Waals surface area (Å²) in [5, 5.41) is 20.6. The minimum Gasteiger partial charge on any atom is -0.479 e. The van der Waals surface area contributed by atoms with Crippen molar-refractivity contribution in [1.82, 2.24) is 0 Å². The Labute approximate surface area is 116 Å². The third-order valence-corrected chi connectivity index (χ3v) is 5.46. The number of hydrogen-bond donors (Lipinski definition) is 2. The van der Waals surface area contributed by atoms with Crippen LogP contribution in [0, 0.1) is 23.7 Å². The van der Waals surface area contributed by atoms with Crippen LogP contribution in [0.5, 0.6) is 0 Å².